The molecular formula is C12H28N2O2. The van der Waals surface area contributed by atoms with E-state index in [0.717, 1.165) is 19.6 Å². The van der Waals surface area contributed by atoms with Crippen molar-refractivity contribution < 1.29 is 9.47 Å². The Balaban J connectivity index is 3.45. The minimum atomic E-state index is 0.113. The van der Waals surface area contributed by atoms with E-state index in [1.165, 1.54) is 0 Å². The lowest BCUT2D eigenvalue weighted by Crippen LogP contribution is -2.34. The van der Waals surface area contributed by atoms with Crippen LogP contribution < -0.4 is 11.1 Å². The van der Waals surface area contributed by atoms with Crippen LogP contribution in [0.3, 0.4) is 0 Å². The zero-order valence-electron chi connectivity index (χ0n) is 11.2. The first-order chi connectivity index (χ1) is 7.60. The maximum Gasteiger partial charge on any atom is 0.0781 e. The highest BCUT2D eigenvalue weighted by molar-refractivity contribution is 4.60. The third kappa shape index (κ3) is 9.09. The molecule has 3 atom stereocenters. The van der Waals surface area contributed by atoms with Gasteiger partial charge in [-0.25, -0.2) is 0 Å². The molecule has 0 rings (SSSR count). The van der Waals surface area contributed by atoms with E-state index in [-0.39, 0.29) is 12.2 Å². The Morgan fingerprint density at radius 3 is 2.25 bits per heavy atom. The fourth-order valence-electron chi connectivity index (χ4n) is 1.17. The lowest BCUT2D eigenvalue weighted by molar-refractivity contribution is -0.0332. The fourth-order valence-corrected chi connectivity index (χ4v) is 1.17. The first-order valence-corrected chi connectivity index (χ1v) is 6.26. The summed E-state index contributed by atoms with van der Waals surface area (Å²) in [6.07, 6.45) is 1.39. The summed E-state index contributed by atoms with van der Waals surface area (Å²) in [6, 6.07) is 0.398. The zero-order chi connectivity index (χ0) is 12.4. The molecule has 0 aromatic rings. The van der Waals surface area contributed by atoms with Crippen LogP contribution in [-0.2, 0) is 9.47 Å². The molecule has 98 valence electrons. The predicted molar refractivity (Wildman–Crippen MR) is 67.6 cm³/mol. The predicted octanol–water partition coefficient (Wildman–Crippen LogP) is 1.14. The van der Waals surface area contributed by atoms with Crippen molar-refractivity contribution in [2.24, 2.45) is 5.73 Å². The highest BCUT2D eigenvalue weighted by atomic mass is 16.5. The summed E-state index contributed by atoms with van der Waals surface area (Å²) in [4.78, 5) is 0. The van der Waals surface area contributed by atoms with Crippen LogP contribution in [0.2, 0.25) is 0 Å². The van der Waals surface area contributed by atoms with Crippen molar-refractivity contribution in [3.63, 3.8) is 0 Å². The first kappa shape index (κ1) is 15.8. The molecule has 0 saturated carbocycles. The van der Waals surface area contributed by atoms with E-state index in [1.54, 1.807) is 0 Å². The summed E-state index contributed by atoms with van der Waals surface area (Å²) < 4.78 is 11.2. The van der Waals surface area contributed by atoms with Gasteiger partial charge in [-0.2, -0.15) is 0 Å². The highest BCUT2D eigenvalue weighted by Crippen LogP contribution is 1.97. The molecule has 0 heterocycles. The molecule has 3 unspecified atom stereocenters. The molecule has 0 aromatic carbocycles. The SMILES string of the molecule is CCCNC(C)COC(C)COC(C)CN. The smallest absolute Gasteiger partial charge is 0.0781 e. The second-order valence-electron chi connectivity index (χ2n) is 4.38. The Labute approximate surface area is 99.9 Å². The van der Waals surface area contributed by atoms with Crippen molar-refractivity contribution in [1.82, 2.24) is 5.32 Å². The van der Waals surface area contributed by atoms with Gasteiger partial charge in [-0.1, -0.05) is 6.92 Å². The van der Waals surface area contributed by atoms with Crippen LogP contribution in [-0.4, -0.2) is 44.6 Å². The van der Waals surface area contributed by atoms with Crippen LogP contribution in [0.4, 0.5) is 0 Å². The van der Waals surface area contributed by atoms with E-state index >= 15 is 0 Å². The van der Waals surface area contributed by atoms with Gasteiger partial charge in [0.1, 0.15) is 0 Å². The molecule has 0 aliphatic rings. The molecular weight excluding hydrogens is 204 g/mol. The third-order valence-corrected chi connectivity index (χ3v) is 2.32. The molecule has 4 heteroatoms. The van der Waals surface area contributed by atoms with Gasteiger partial charge < -0.3 is 20.5 Å². The monoisotopic (exact) mass is 232 g/mol. The van der Waals surface area contributed by atoms with Crippen molar-refractivity contribution in [3.05, 3.63) is 0 Å². The quantitative estimate of drug-likeness (QED) is 0.593. The molecule has 0 amide bonds. The number of hydrogen-bond donors (Lipinski definition) is 2. The fraction of sp³-hybridized carbons (Fsp3) is 1.00. The maximum atomic E-state index is 5.67. The lowest BCUT2D eigenvalue weighted by atomic mass is 10.3. The largest absolute Gasteiger partial charge is 0.375 e. The van der Waals surface area contributed by atoms with E-state index < -0.39 is 0 Å². The second kappa shape index (κ2) is 10.0. The van der Waals surface area contributed by atoms with Gasteiger partial charge in [-0.3, -0.25) is 0 Å². The second-order valence-corrected chi connectivity index (χ2v) is 4.38. The van der Waals surface area contributed by atoms with Crippen LogP contribution in [0.15, 0.2) is 0 Å². The van der Waals surface area contributed by atoms with Crippen LogP contribution in [0, 0.1) is 0 Å². The van der Waals surface area contributed by atoms with Crippen LogP contribution >= 0.6 is 0 Å². The van der Waals surface area contributed by atoms with E-state index in [2.05, 4.69) is 19.2 Å². The summed E-state index contributed by atoms with van der Waals surface area (Å²) in [6.45, 7) is 11.2. The molecule has 0 saturated heterocycles. The van der Waals surface area contributed by atoms with E-state index in [1.807, 2.05) is 13.8 Å². The van der Waals surface area contributed by atoms with Gasteiger partial charge in [0.2, 0.25) is 0 Å². The average Bonchev–Trinajstić information content (AvgIpc) is 2.30. The summed E-state index contributed by atoms with van der Waals surface area (Å²) in [5, 5.41) is 3.38. The zero-order valence-corrected chi connectivity index (χ0v) is 11.2. The van der Waals surface area contributed by atoms with E-state index in [9.17, 15) is 0 Å². The number of nitrogens with two attached hydrogens (primary N) is 1. The lowest BCUT2D eigenvalue weighted by Gasteiger charge is -2.19. The summed E-state index contributed by atoms with van der Waals surface area (Å²) >= 11 is 0. The van der Waals surface area contributed by atoms with Crippen molar-refractivity contribution >= 4 is 0 Å². The molecule has 0 bridgehead atoms. The summed E-state index contributed by atoms with van der Waals surface area (Å²) in [5.74, 6) is 0. The standard InChI is InChI=1S/C12H28N2O2/c1-5-6-14-10(2)8-15-12(4)9-16-11(3)7-13/h10-12,14H,5-9,13H2,1-4H3. The molecule has 0 fully saturated rings. The molecule has 0 aliphatic carbocycles. The van der Waals surface area contributed by atoms with Crippen molar-refractivity contribution in [2.75, 3.05) is 26.3 Å². The van der Waals surface area contributed by atoms with Gasteiger partial charge in [0.05, 0.1) is 25.4 Å². The van der Waals surface area contributed by atoms with Crippen LogP contribution in [0.5, 0.6) is 0 Å². The normalized spacial score (nSPS) is 17.1. The minimum absolute atomic E-state index is 0.113. The number of rotatable bonds is 10. The van der Waals surface area contributed by atoms with Gasteiger partial charge in [0.25, 0.3) is 0 Å². The third-order valence-electron chi connectivity index (χ3n) is 2.32. The van der Waals surface area contributed by atoms with Crippen molar-refractivity contribution in [1.29, 1.82) is 0 Å². The minimum Gasteiger partial charge on any atom is -0.375 e. The van der Waals surface area contributed by atoms with E-state index in [0.29, 0.717) is 19.2 Å². The average molecular weight is 232 g/mol. The molecule has 0 aromatic heterocycles. The molecule has 0 aliphatic heterocycles. The maximum absolute atomic E-state index is 5.67. The molecule has 0 radical (unpaired) electrons. The van der Waals surface area contributed by atoms with Crippen LogP contribution in [0.1, 0.15) is 34.1 Å². The van der Waals surface area contributed by atoms with Crippen LogP contribution in [0.25, 0.3) is 0 Å². The Morgan fingerprint density at radius 2 is 1.69 bits per heavy atom. The van der Waals surface area contributed by atoms with Gasteiger partial charge in [0, 0.05) is 12.6 Å². The number of hydrogen-bond acceptors (Lipinski definition) is 4. The van der Waals surface area contributed by atoms with Gasteiger partial charge >= 0.3 is 0 Å². The molecule has 0 spiro atoms. The summed E-state index contributed by atoms with van der Waals surface area (Å²) in [5.41, 5.74) is 5.46. The Kier molecular flexibility index (Phi) is 9.92. The Morgan fingerprint density at radius 1 is 1.06 bits per heavy atom. The topological polar surface area (TPSA) is 56.5 Å². The molecule has 3 N–H and O–H groups in total. The number of ether oxygens (including phenoxy) is 2. The van der Waals surface area contributed by atoms with Gasteiger partial charge in [-0.15, -0.1) is 0 Å². The van der Waals surface area contributed by atoms with E-state index in [4.69, 9.17) is 15.2 Å². The van der Waals surface area contributed by atoms with Crippen molar-refractivity contribution in [2.45, 2.75) is 52.4 Å². The van der Waals surface area contributed by atoms with Gasteiger partial charge in [-0.05, 0) is 33.7 Å². The molecule has 16 heavy (non-hydrogen) atoms. The Bertz CT molecular complexity index is 156. The van der Waals surface area contributed by atoms with Crippen molar-refractivity contribution in [3.8, 4) is 0 Å². The molecule has 4 nitrogen and oxygen atoms in total. The summed E-state index contributed by atoms with van der Waals surface area (Å²) in [7, 11) is 0. The highest BCUT2D eigenvalue weighted by Gasteiger charge is 2.07. The Hall–Kier alpha value is -0.160. The first-order valence-electron chi connectivity index (χ1n) is 6.26. The number of nitrogens with one attached hydrogen (secondary N) is 1. The van der Waals surface area contributed by atoms with Gasteiger partial charge in [0.15, 0.2) is 0 Å².